The molecule has 0 spiro atoms. The van der Waals surface area contributed by atoms with Crippen LogP contribution in [0.15, 0.2) is 41.4 Å². The van der Waals surface area contributed by atoms with Crippen molar-refractivity contribution < 1.29 is 19.1 Å². The first-order valence-electron chi connectivity index (χ1n) is 14.1. The van der Waals surface area contributed by atoms with Gasteiger partial charge in [-0.2, -0.15) is 0 Å². The molecule has 1 unspecified atom stereocenters. The number of pyridine rings is 2. The Morgan fingerprint density at radius 3 is 2.73 bits per heavy atom. The summed E-state index contributed by atoms with van der Waals surface area (Å²) in [5.74, 6) is 1.50. The monoisotopic (exact) mass is 601 g/mol. The Labute approximate surface area is 251 Å². The standard InChI is InChI=1S/C30H40ClN5O4S/c1-29(2,3)40-28(38)36-19-20(18-30(36,4)5)10-9-16-32-24-12-8-13-25(34-24)41-35-27(37)21-14-15-22(33-26(21)31)23-11-6-7-17-39-23/h8,11-15,20H,6-7,9-10,16-19H2,1-5H3,(H,32,34)(H,35,37). The van der Waals surface area contributed by atoms with Crippen LogP contribution in [0.3, 0.4) is 0 Å². The number of allylic oxidation sites excluding steroid dienone is 1. The van der Waals surface area contributed by atoms with Crippen molar-refractivity contribution in [2.75, 3.05) is 25.0 Å². The van der Waals surface area contributed by atoms with Crippen LogP contribution in [-0.2, 0) is 9.47 Å². The lowest BCUT2D eigenvalue weighted by Crippen LogP contribution is -2.45. The Morgan fingerprint density at radius 1 is 1.22 bits per heavy atom. The van der Waals surface area contributed by atoms with Gasteiger partial charge in [-0.15, -0.1) is 0 Å². The Balaban J connectivity index is 1.22. The summed E-state index contributed by atoms with van der Waals surface area (Å²) < 4.78 is 14.0. The zero-order valence-corrected chi connectivity index (χ0v) is 26.0. The normalized spacial score (nSPS) is 18.3. The number of carbonyl (C=O) groups is 2. The van der Waals surface area contributed by atoms with Gasteiger partial charge in [0.25, 0.3) is 5.91 Å². The molecule has 1 atom stereocenters. The van der Waals surface area contributed by atoms with Crippen LogP contribution in [0.1, 0.15) is 82.8 Å². The average molecular weight is 602 g/mol. The largest absolute Gasteiger partial charge is 0.492 e. The lowest BCUT2D eigenvalue weighted by molar-refractivity contribution is 0.0130. The second-order valence-electron chi connectivity index (χ2n) is 12.0. The van der Waals surface area contributed by atoms with E-state index in [2.05, 4.69) is 33.9 Å². The van der Waals surface area contributed by atoms with Crippen LogP contribution in [0.25, 0.3) is 5.76 Å². The van der Waals surface area contributed by atoms with Gasteiger partial charge in [0.2, 0.25) is 0 Å². The highest BCUT2D eigenvalue weighted by Crippen LogP contribution is 2.36. The van der Waals surface area contributed by atoms with Crippen LogP contribution in [0.2, 0.25) is 5.15 Å². The smallest absolute Gasteiger partial charge is 0.410 e. The number of halogens is 1. The summed E-state index contributed by atoms with van der Waals surface area (Å²) in [6, 6.07) is 9.02. The molecular formula is C30H40ClN5O4S. The van der Waals surface area contributed by atoms with Gasteiger partial charge < -0.3 is 19.7 Å². The Bertz CT molecular complexity index is 1280. The fourth-order valence-electron chi connectivity index (χ4n) is 5.03. The molecule has 2 amide bonds. The molecule has 222 valence electrons. The highest BCUT2D eigenvalue weighted by atomic mass is 35.5. The maximum absolute atomic E-state index is 12.7. The van der Waals surface area contributed by atoms with Crippen LogP contribution < -0.4 is 10.0 Å². The first-order chi connectivity index (χ1) is 19.4. The molecule has 0 saturated carbocycles. The molecule has 1 fully saturated rings. The molecule has 11 heteroatoms. The SMILES string of the molecule is CC(C)(C)OC(=O)N1CC(CCCNc2cccc(SNC(=O)c3ccc(C4=CCCCO4)nc3Cl)n2)CC1(C)C. The average Bonchev–Trinajstić information content (AvgIpc) is 3.23. The zero-order chi connectivity index (χ0) is 29.6. The molecule has 0 bridgehead atoms. The van der Waals surface area contributed by atoms with Crippen molar-refractivity contribution in [2.24, 2.45) is 5.92 Å². The van der Waals surface area contributed by atoms with Crippen molar-refractivity contribution >= 4 is 47.1 Å². The van der Waals surface area contributed by atoms with E-state index < -0.39 is 5.60 Å². The van der Waals surface area contributed by atoms with Gasteiger partial charge in [-0.3, -0.25) is 9.52 Å². The number of carbonyl (C=O) groups excluding carboxylic acids is 2. The summed E-state index contributed by atoms with van der Waals surface area (Å²) in [5.41, 5.74) is 0.183. The Kier molecular flexibility index (Phi) is 10.1. The van der Waals surface area contributed by atoms with E-state index in [0.717, 1.165) is 56.4 Å². The Hall–Kier alpha value is -2.98. The van der Waals surface area contributed by atoms with E-state index >= 15 is 0 Å². The fraction of sp³-hybridized carbons (Fsp3) is 0.533. The summed E-state index contributed by atoms with van der Waals surface area (Å²) in [5, 5.41) is 4.14. The number of likely N-dealkylation sites (tertiary alicyclic amines) is 1. The third kappa shape index (κ3) is 8.75. The van der Waals surface area contributed by atoms with Gasteiger partial charge in [0.15, 0.2) is 0 Å². The lowest BCUT2D eigenvalue weighted by atomic mass is 9.93. The highest BCUT2D eigenvalue weighted by Gasteiger charge is 2.42. The van der Waals surface area contributed by atoms with Crippen LogP contribution >= 0.6 is 23.5 Å². The maximum Gasteiger partial charge on any atom is 0.410 e. The number of nitrogens with one attached hydrogen (secondary N) is 2. The molecule has 0 aliphatic carbocycles. The van der Waals surface area contributed by atoms with Gasteiger partial charge in [-0.05, 0) is 103 Å². The molecular weight excluding hydrogens is 562 g/mol. The minimum Gasteiger partial charge on any atom is -0.492 e. The van der Waals surface area contributed by atoms with E-state index in [1.807, 2.05) is 49.9 Å². The van der Waals surface area contributed by atoms with E-state index in [-0.39, 0.29) is 28.3 Å². The van der Waals surface area contributed by atoms with Gasteiger partial charge in [0.05, 0.1) is 12.2 Å². The van der Waals surface area contributed by atoms with Crippen LogP contribution in [0, 0.1) is 5.92 Å². The molecule has 2 aromatic rings. The van der Waals surface area contributed by atoms with Crippen LogP contribution in [0.5, 0.6) is 0 Å². The van der Waals surface area contributed by atoms with Gasteiger partial charge >= 0.3 is 6.09 Å². The number of nitrogens with zero attached hydrogens (tertiary/aromatic N) is 3. The number of amides is 2. The molecule has 9 nitrogen and oxygen atoms in total. The fourth-order valence-corrected chi connectivity index (χ4v) is 5.86. The summed E-state index contributed by atoms with van der Waals surface area (Å²) in [7, 11) is 0. The van der Waals surface area contributed by atoms with E-state index in [4.69, 9.17) is 21.1 Å². The number of rotatable bonds is 9. The molecule has 2 aliphatic heterocycles. The Morgan fingerprint density at radius 2 is 2.02 bits per heavy atom. The molecule has 0 aromatic carbocycles. The maximum atomic E-state index is 12.7. The molecule has 41 heavy (non-hydrogen) atoms. The third-order valence-corrected chi connectivity index (χ3v) is 7.93. The minimum atomic E-state index is -0.504. The number of aromatic nitrogens is 2. The molecule has 4 heterocycles. The van der Waals surface area contributed by atoms with Gasteiger partial charge in [0, 0.05) is 30.6 Å². The summed E-state index contributed by atoms with van der Waals surface area (Å²) >= 11 is 7.44. The molecule has 0 radical (unpaired) electrons. The second-order valence-corrected chi connectivity index (χ2v) is 13.2. The van der Waals surface area contributed by atoms with Crippen molar-refractivity contribution in [3.8, 4) is 0 Å². The number of ether oxygens (including phenoxy) is 2. The quantitative estimate of drug-likeness (QED) is 0.181. The summed E-state index contributed by atoms with van der Waals surface area (Å²) in [6.45, 7) is 12.0. The van der Waals surface area contributed by atoms with Crippen LogP contribution in [-0.4, -0.2) is 57.7 Å². The first kappa shape index (κ1) is 31.0. The van der Waals surface area contributed by atoms with Crippen molar-refractivity contribution in [1.82, 2.24) is 19.6 Å². The van der Waals surface area contributed by atoms with E-state index in [0.29, 0.717) is 35.5 Å². The predicted octanol–water partition coefficient (Wildman–Crippen LogP) is 6.95. The number of anilines is 1. The van der Waals surface area contributed by atoms with Crippen molar-refractivity contribution in [1.29, 1.82) is 0 Å². The topological polar surface area (TPSA) is 106 Å². The molecule has 4 rings (SSSR count). The van der Waals surface area contributed by atoms with Crippen molar-refractivity contribution in [3.63, 3.8) is 0 Å². The predicted molar refractivity (Wildman–Crippen MR) is 163 cm³/mol. The number of hydrogen-bond donors (Lipinski definition) is 2. The minimum absolute atomic E-state index is 0.124. The molecule has 2 aromatic heterocycles. The van der Waals surface area contributed by atoms with Crippen LogP contribution in [0.4, 0.5) is 10.6 Å². The van der Waals surface area contributed by atoms with E-state index in [1.54, 1.807) is 12.1 Å². The van der Waals surface area contributed by atoms with Crippen molar-refractivity contribution in [3.05, 3.63) is 52.8 Å². The van der Waals surface area contributed by atoms with Crippen molar-refractivity contribution in [2.45, 2.75) is 82.9 Å². The second kappa shape index (κ2) is 13.3. The third-order valence-electron chi connectivity index (χ3n) is 6.92. The van der Waals surface area contributed by atoms with Gasteiger partial charge in [0.1, 0.15) is 33.1 Å². The first-order valence-corrected chi connectivity index (χ1v) is 15.3. The molecule has 2 N–H and O–H groups in total. The zero-order valence-electron chi connectivity index (χ0n) is 24.5. The highest BCUT2D eigenvalue weighted by molar-refractivity contribution is 7.97. The number of hydrogen-bond acceptors (Lipinski definition) is 8. The van der Waals surface area contributed by atoms with Gasteiger partial charge in [-0.1, -0.05) is 17.7 Å². The van der Waals surface area contributed by atoms with E-state index in [9.17, 15) is 9.59 Å². The molecule has 1 saturated heterocycles. The summed E-state index contributed by atoms with van der Waals surface area (Å²) in [6.07, 6.45) is 6.55. The lowest BCUT2D eigenvalue weighted by Gasteiger charge is -2.33. The van der Waals surface area contributed by atoms with Gasteiger partial charge in [-0.25, -0.2) is 14.8 Å². The molecule has 2 aliphatic rings. The van der Waals surface area contributed by atoms with E-state index in [1.165, 1.54) is 0 Å². The summed E-state index contributed by atoms with van der Waals surface area (Å²) in [4.78, 5) is 36.2.